The Bertz CT molecular complexity index is 665. The van der Waals surface area contributed by atoms with E-state index in [9.17, 15) is 13.2 Å². The van der Waals surface area contributed by atoms with E-state index in [1.165, 1.54) is 24.3 Å². The number of hydrogen-bond acceptors (Lipinski definition) is 5. The first-order valence-corrected chi connectivity index (χ1v) is 7.24. The summed E-state index contributed by atoms with van der Waals surface area (Å²) < 4.78 is 31.1. The predicted octanol–water partition coefficient (Wildman–Crippen LogP) is 0.298. The van der Waals surface area contributed by atoms with Crippen LogP contribution in [-0.2, 0) is 14.8 Å². The van der Waals surface area contributed by atoms with Crippen LogP contribution in [-0.4, -0.2) is 49.6 Å². The van der Waals surface area contributed by atoms with Gasteiger partial charge in [-0.2, -0.15) is 9.57 Å². The number of rotatable bonds is 3. The van der Waals surface area contributed by atoms with Gasteiger partial charge in [0.2, 0.25) is 10.0 Å². The van der Waals surface area contributed by atoms with Crippen molar-refractivity contribution in [2.24, 2.45) is 0 Å². The van der Waals surface area contributed by atoms with Crippen LogP contribution in [0.2, 0.25) is 0 Å². The lowest BCUT2D eigenvalue weighted by atomic mass is 10.2. The van der Waals surface area contributed by atoms with Gasteiger partial charge in [-0.15, -0.1) is 0 Å². The van der Waals surface area contributed by atoms with Gasteiger partial charge in [-0.1, -0.05) is 12.1 Å². The molecule has 0 spiro atoms. The van der Waals surface area contributed by atoms with Gasteiger partial charge in [-0.25, -0.2) is 13.2 Å². The Labute approximate surface area is 116 Å². The second-order valence-corrected chi connectivity index (χ2v) is 6.06. The molecule has 106 valence electrons. The van der Waals surface area contributed by atoms with Gasteiger partial charge in [-0.3, -0.25) is 0 Å². The van der Waals surface area contributed by atoms with Crippen molar-refractivity contribution in [2.75, 3.05) is 19.7 Å². The lowest BCUT2D eigenvalue weighted by Gasteiger charge is -2.29. The van der Waals surface area contributed by atoms with E-state index in [1.807, 2.05) is 6.07 Å². The lowest BCUT2D eigenvalue weighted by Crippen LogP contribution is -2.45. The monoisotopic (exact) mass is 296 g/mol. The Kier molecular flexibility index (Phi) is 4.04. The molecule has 1 atom stereocenters. The summed E-state index contributed by atoms with van der Waals surface area (Å²) in [6.45, 7) is 0.0912. The maximum atomic E-state index is 12.5. The summed E-state index contributed by atoms with van der Waals surface area (Å²) >= 11 is 0. The first-order valence-electron chi connectivity index (χ1n) is 5.80. The van der Waals surface area contributed by atoms with Crippen LogP contribution in [0.25, 0.3) is 0 Å². The predicted molar refractivity (Wildman–Crippen MR) is 67.5 cm³/mol. The van der Waals surface area contributed by atoms with E-state index in [4.69, 9.17) is 15.1 Å². The minimum Gasteiger partial charge on any atom is -0.478 e. The lowest BCUT2D eigenvalue weighted by molar-refractivity contribution is 0.0311. The largest absolute Gasteiger partial charge is 0.478 e. The smallest absolute Gasteiger partial charge is 0.337 e. The van der Waals surface area contributed by atoms with Crippen molar-refractivity contribution in [3.8, 4) is 6.07 Å². The number of carboxylic acids is 1. The zero-order valence-electron chi connectivity index (χ0n) is 10.4. The molecule has 1 aliphatic rings. The third-order valence-electron chi connectivity index (χ3n) is 2.91. The first kappa shape index (κ1) is 14.5. The van der Waals surface area contributed by atoms with Gasteiger partial charge in [0.05, 0.1) is 29.7 Å². The molecule has 0 aromatic heterocycles. The number of aromatic carboxylic acids is 1. The van der Waals surface area contributed by atoms with Gasteiger partial charge in [-0.05, 0) is 12.1 Å². The number of carbonyl (C=O) groups is 1. The molecule has 0 radical (unpaired) electrons. The van der Waals surface area contributed by atoms with Crippen LogP contribution < -0.4 is 0 Å². The molecule has 2 rings (SSSR count). The van der Waals surface area contributed by atoms with Crippen LogP contribution in [0.3, 0.4) is 0 Å². The van der Waals surface area contributed by atoms with Gasteiger partial charge < -0.3 is 9.84 Å². The van der Waals surface area contributed by atoms with Crippen molar-refractivity contribution in [1.82, 2.24) is 4.31 Å². The van der Waals surface area contributed by atoms with Crippen molar-refractivity contribution >= 4 is 16.0 Å². The normalized spacial score (nSPS) is 20.2. The zero-order chi connectivity index (χ0) is 14.8. The second-order valence-electron chi connectivity index (χ2n) is 4.15. The van der Waals surface area contributed by atoms with Crippen LogP contribution in [0.5, 0.6) is 0 Å². The van der Waals surface area contributed by atoms with Gasteiger partial charge in [0.15, 0.2) is 6.10 Å². The highest BCUT2D eigenvalue weighted by molar-refractivity contribution is 7.89. The topological polar surface area (TPSA) is 108 Å². The fourth-order valence-corrected chi connectivity index (χ4v) is 3.54. The molecular formula is C12H12N2O5S. The van der Waals surface area contributed by atoms with E-state index >= 15 is 0 Å². The highest BCUT2D eigenvalue weighted by Gasteiger charge is 2.33. The van der Waals surface area contributed by atoms with E-state index < -0.39 is 22.1 Å². The molecule has 0 saturated carbocycles. The number of carboxylic acid groups (broad SMARTS) is 1. The van der Waals surface area contributed by atoms with Gasteiger partial charge in [0, 0.05) is 6.54 Å². The molecule has 8 heteroatoms. The minimum atomic E-state index is -3.96. The summed E-state index contributed by atoms with van der Waals surface area (Å²) in [5.74, 6) is -1.31. The van der Waals surface area contributed by atoms with Crippen LogP contribution in [0.1, 0.15) is 10.4 Å². The number of hydrogen-bond donors (Lipinski definition) is 1. The molecule has 0 bridgehead atoms. The van der Waals surface area contributed by atoms with Crippen LogP contribution in [0, 0.1) is 11.3 Å². The molecular weight excluding hydrogens is 284 g/mol. The molecule has 1 fully saturated rings. The maximum Gasteiger partial charge on any atom is 0.337 e. The number of ether oxygens (including phenoxy) is 1. The summed E-state index contributed by atoms with van der Waals surface area (Å²) in [6, 6.07) is 7.25. The Hall–Kier alpha value is -1.95. The second kappa shape index (κ2) is 5.58. The Morgan fingerprint density at radius 3 is 2.80 bits per heavy atom. The SMILES string of the molecule is N#CC1CN(S(=O)(=O)c2ccccc2C(=O)O)CCO1. The van der Waals surface area contributed by atoms with Crippen LogP contribution in [0.4, 0.5) is 0 Å². The number of nitrogens with zero attached hydrogens (tertiary/aromatic N) is 2. The maximum absolute atomic E-state index is 12.5. The van der Waals surface area contributed by atoms with Crippen molar-refractivity contribution in [1.29, 1.82) is 5.26 Å². The van der Waals surface area contributed by atoms with Gasteiger partial charge in [0.25, 0.3) is 0 Å². The quantitative estimate of drug-likeness (QED) is 0.859. The number of nitriles is 1. The van der Waals surface area contributed by atoms with Crippen molar-refractivity contribution in [3.05, 3.63) is 29.8 Å². The molecule has 1 aromatic rings. The summed E-state index contributed by atoms with van der Waals surface area (Å²) in [6.07, 6.45) is -0.837. The average Bonchev–Trinajstić information content (AvgIpc) is 2.47. The summed E-state index contributed by atoms with van der Waals surface area (Å²) in [4.78, 5) is 10.8. The molecule has 1 saturated heterocycles. The standard InChI is InChI=1S/C12H12N2O5S/c13-7-9-8-14(5-6-19-9)20(17,18)11-4-2-1-3-10(11)12(15)16/h1-4,9H,5-6,8H2,(H,15,16). The molecule has 1 unspecified atom stereocenters. The number of morpholine rings is 1. The first-order chi connectivity index (χ1) is 9.46. The van der Waals surface area contributed by atoms with E-state index in [-0.39, 0.29) is 30.2 Å². The molecule has 1 heterocycles. The Morgan fingerprint density at radius 1 is 1.45 bits per heavy atom. The fraction of sp³-hybridized carbons (Fsp3) is 0.333. The Morgan fingerprint density at radius 2 is 2.15 bits per heavy atom. The third-order valence-corrected chi connectivity index (χ3v) is 4.83. The fourth-order valence-electron chi connectivity index (χ4n) is 1.93. The Balaban J connectivity index is 2.41. The van der Waals surface area contributed by atoms with Crippen LogP contribution in [0.15, 0.2) is 29.2 Å². The number of sulfonamides is 1. The average molecular weight is 296 g/mol. The molecule has 0 amide bonds. The van der Waals surface area contributed by atoms with Gasteiger partial charge >= 0.3 is 5.97 Å². The number of benzene rings is 1. The van der Waals surface area contributed by atoms with Crippen molar-refractivity contribution in [2.45, 2.75) is 11.0 Å². The van der Waals surface area contributed by atoms with Gasteiger partial charge in [0.1, 0.15) is 0 Å². The van der Waals surface area contributed by atoms with E-state index in [2.05, 4.69) is 0 Å². The molecule has 20 heavy (non-hydrogen) atoms. The minimum absolute atomic E-state index is 0.0917. The summed E-state index contributed by atoms with van der Waals surface area (Å²) in [7, 11) is -3.96. The highest BCUT2D eigenvalue weighted by Crippen LogP contribution is 2.22. The summed E-state index contributed by atoms with van der Waals surface area (Å²) in [5, 5.41) is 17.9. The van der Waals surface area contributed by atoms with E-state index in [1.54, 1.807) is 0 Å². The summed E-state index contributed by atoms with van der Waals surface area (Å²) in [5.41, 5.74) is -0.285. The van der Waals surface area contributed by atoms with Crippen LogP contribution >= 0.6 is 0 Å². The molecule has 0 aliphatic carbocycles. The zero-order valence-corrected chi connectivity index (χ0v) is 11.2. The molecule has 1 aromatic carbocycles. The molecule has 7 nitrogen and oxygen atoms in total. The third kappa shape index (κ3) is 2.65. The van der Waals surface area contributed by atoms with E-state index in [0.717, 1.165) is 4.31 Å². The molecule has 1 aliphatic heterocycles. The van der Waals surface area contributed by atoms with Crippen molar-refractivity contribution < 1.29 is 23.1 Å². The highest BCUT2D eigenvalue weighted by atomic mass is 32.2. The van der Waals surface area contributed by atoms with Crippen molar-refractivity contribution in [3.63, 3.8) is 0 Å². The molecule has 1 N–H and O–H groups in total. The van der Waals surface area contributed by atoms with E-state index in [0.29, 0.717) is 0 Å².